The summed E-state index contributed by atoms with van der Waals surface area (Å²) in [6.45, 7) is 2.91. The summed E-state index contributed by atoms with van der Waals surface area (Å²) in [6.07, 6.45) is 3.36. The van der Waals surface area contributed by atoms with Gasteiger partial charge < -0.3 is 5.73 Å². The first-order valence-electron chi connectivity index (χ1n) is 7.78. The molecule has 2 aromatic rings. The van der Waals surface area contributed by atoms with Gasteiger partial charge in [-0.05, 0) is 54.1 Å². The predicted molar refractivity (Wildman–Crippen MR) is 89.7 cm³/mol. The fraction of sp³-hybridized carbons (Fsp3) is 0.444. The molecule has 21 heavy (non-hydrogen) atoms. The lowest BCUT2D eigenvalue weighted by Gasteiger charge is -2.33. The largest absolute Gasteiger partial charge is 0.330 e. The Balaban J connectivity index is 1.91. The summed E-state index contributed by atoms with van der Waals surface area (Å²) >= 11 is 0. The van der Waals surface area contributed by atoms with E-state index < -0.39 is 10.8 Å². The van der Waals surface area contributed by atoms with Gasteiger partial charge >= 0.3 is 0 Å². The summed E-state index contributed by atoms with van der Waals surface area (Å²) in [5.74, 6) is 1.05. The van der Waals surface area contributed by atoms with E-state index in [1.165, 1.54) is 11.8 Å². The van der Waals surface area contributed by atoms with Gasteiger partial charge in [0.2, 0.25) is 0 Å². The van der Waals surface area contributed by atoms with Crippen molar-refractivity contribution in [2.24, 2.45) is 17.6 Å². The van der Waals surface area contributed by atoms with E-state index in [0.717, 1.165) is 23.1 Å². The molecule has 0 aliphatic heterocycles. The molecule has 3 rings (SSSR count). The lowest BCUT2D eigenvalue weighted by Crippen LogP contribution is -2.36. The number of hydrogen-bond acceptors (Lipinski definition) is 2. The van der Waals surface area contributed by atoms with Crippen LogP contribution >= 0.6 is 0 Å². The summed E-state index contributed by atoms with van der Waals surface area (Å²) < 4.78 is 13.0. The first-order valence-corrected chi connectivity index (χ1v) is 9.00. The van der Waals surface area contributed by atoms with Gasteiger partial charge in [-0.2, -0.15) is 0 Å². The van der Waals surface area contributed by atoms with Crippen LogP contribution in [0.4, 0.5) is 0 Å². The minimum atomic E-state index is -0.957. The van der Waals surface area contributed by atoms with Gasteiger partial charge in [0.15, 0.2) is 0 Å². The normalized spacial score (nSPS) is 27.6. The molecule has 4 unspecified atom stereocenters. The summed E-state index contributed by atoms with van der Waals surface area (Å²) in [5, 5.41) is 2.57. The van der Waals surface area contributed by atoms with Crippen molar-refractivity contribution in [1.82, 2.24) is 0 Å². The van der Waals surface area contributed by atoms with Gasteiger partial charge in [0, 0.05) is 10.1 Å². The maximum Gasteiger partial charge on any atom is 0.0564 e. The molecule has 112 valence electrons. The molecule has 4 atom stereocenters. The second kappa shape index (κ2) is 6.29. The number of fused-ring (bicyclic) bond motifs is 1. The van der Waals surface area contributed by atoms with Crippen LogP contribution in [-0.2, 0) is 10.8 Å². The zero-order valence-corrected chi connectivity index (χ0v) is 13.3. The number of nitrogens with two attached hydrogens (primary N) is 1. The molecule has 0 amide bonds. The summed E-state index contributed by atoms with van der Waals surface area (Å²) in [6, 6.07) is 14.4. The predicted octanol–water partition coefficient (Wildman–Crippen LogP) is 3.71. The minimum Gasteiger partial charge on any atom is -0.330 e. The van der Waals surface area contributed by atoms with E-state index in [1.807, 2.05) is 18.2 Å². The Morgan fingerprint density at radius 3 is 2.67 bits per heavy atom. The summed E-state index contributed by atoms with van der Waals surface area (Å²) in [4.78, 5) is 0.950. The van der Waals surface area contributed by atoms with Crippen LogP contribution < -0.4 is 5.73 Å². The third-order valence-corrected chi connectivity index (χ3v) is 6.57. The van der Waals surface area contributed by atoms with Gasteiger partial charge in [-0.1, -0.05) is 43.7 Å². The molecule has 2 N–H and O–H groups in total. The number of benzene rings is 2. The van der Waals surface area contributed by atoms with Gasteiger partial charge in [0.05, 0.1) is 10.8 Å². The Bertz CT molecular complexity index is 654. The van der Waals surface area contributed by atoms with Gasteiger partial charge in [-0.25, -0.2) is 0 Å². The van der Waals surface area contributed by atoms with Gasteiger partial charge in [0.25, 0.3) is 0 Å². The van der Waals surface area contributed by atoms with Crippen LogP contribution in [0.1, 0.15) is 26.2 Å². The maximum absolute atomic E-state index is 13.0. The average molecular weight is 301 g/mol. The van der Waals surface area contributed by atoms with Crippen LogP contribution in [0.15, 0.2) is 47.4 Å². The fourth-order valence-corrected chi connectivity index (χ4v) is 5.29. The third kappa shape index (κ3) is 3.04. The molecule has 2 aromatic carbocycles. The van der Waals surface area contributed by atoms with Crippen LogP contribution in [0.2, 0.25) is 0 Å². The van der Waals surface area contributed by atoms with Crippen molar-refractivity contribution in [3.63, 3.8) is 0 Å². The Labute approximate surface area is 129 Å². The summed E-state index contributed by atoms with van der Waals surface area (Å²) in [5.41, 5.74) is 5.91. The topological polar surface area (TPSA) is 43.1 Å². The smallest absolute Gasteiger partial charge is 0.0564 e. The molecular formula is C18H23NOS. The quantitative estimate of drug-likeness (QED) is 0.939. The Morgan fingerprint density at radius 2 is 1.90 bits per heavy atom. The highest BCUT2D eigenvalue weighted by Gasteiger charge is 2.32. The van der Waals surface area contributed by atoms with E-state index in [4.69, 9.17) is 5.73 Å². The van der Waals surface area contributed by atoms with Crippen molar-refractivity contribution >= 4 is 21.6 Å². The van der Waals surface area contributed by atoms with Gasteiger partial charge in [-0.3, -0.25) is 4.21 Å². The van der Waals surface area contributed by atoms with Crippen molar-refractivity contribution in [3.05, 3.63) is 42.5 Å². The van der Waals surface area contributed by atoms with Crippen molar-refractivity contribution in [2.75, 3.05) is 6.54 Å². The standard InChI is InChI=1S/C18H23NOS/c1-13-6-7-16(12-19)18(10-13)21(20)17-9-8-14-4-2-3-5-15(14)11-17/h2-5,8-9,11,13,16,18H,6-7,10,12,19H2,1H3. The molecule has 1 aliphatic rings. The van der Waals surface area contributed by atoms with Gasteiger partial charge in [0.1, 0.15) is 0 Å². The Morgan fingerprint density at radius 1 is 1.14 bits per heavy atom. The minimum absolute atomic E-state index is 0.208. The first-order chi connectivity index (χ1) is 10.2. The second-order valence-corrected chi connectivity index (χ2v) is 7.93. The van der Waals surface area contributed by atoms with E-state index in [-0.39, 0.29) is 5.25 Å². The molecule has 0 radical (unpaired) electrons. The highest BCUT2D eigenvalue weighted by atomic mass is 32.2. The molecule has 0 aromatic heterocycles. The first kappa shape index (κ1) is 14.7. The highest BCUT2D eigenvalue weighted by molar-refractivity contribution is 7.85. The zero-order valence-electron chi connectivity index (χ0n) is 12.5. The number of hydrogen-bond donors (Lipinski definition) is 1. The van der Waals surface area contributed by atoms with Crippen molar-refractivity contribution in [2.45, 2.75) is 36.3 Å². The molecular weight excluding hydrogens is 278 g/mol. The highest BCUT2D eigenvalue weighted by Crippen LogP contribution is 2.34. The van der Waals surface area contributed by atoms with E-state index in [2.05, 4.69) is 31.2 Å². The van der Waals surface area contributed by atoms with Crippen LogP contribution in [0.3, 0.4) is 0 Å². The Kier molecular flexibility index (Phi) is 4.41. The van der Waals surface area contributed by atoms with Crippen LogP contribution in [-0.4, -0.2) is 16.0 Å². The molecule has 0 heterocycles. The molecule has 2 nitrogen and oxygen atoms in total. The van der Waals surface area contributed by atoms with Crippen molar-refractivity contribution < 1.29 is 4.21 Å². The van der Waals surface area contributed by atoms with Crippen molar-refractivity contribution in [3.8, 4) is 0 Å². The fourth-order valence-electron chi connectivity index (χ4n) is 3.39. The van der Waals surface area contributed by atoms with Crippen LogP contribution in [0, 0.1) is 11.8 Å². The molecule has 1 aliphatic carbocycles. The summed E-state index contributed by atoms with van der Waals surface area (Å²) in [7, 11) is -0.957. The lowest BCUT2D eigenvalue weighted by atomic mass is 9.82. The van der Waals surface area contributed by atoms with Crippen LogP contribution in [0.25, 0.3) is 10.8 Å². The molecule has 1 saturated carbocycles. The zero-order chi connectivity index (χ0) is 14.8. The molecule has 3 heteroatoms. The molecule has 0 spiro atoms. The molecule has 1 fully saturated rings. The van der Waals surface area contributed by atoms with E-state index in [0.29, 0.717) is 18.4 Å². The van der Waals surface area contributed by atoms with E-state index in [9.17, 15) is 4.21 Å². The Hall–Kier alpha value is -1.19. The third-order valence-electron chi connectivity index (χ3n) is 4.72. The van der Waals surface area contributed by atoms with Gasteiger partial charge in [-0.15, -0.1) is 0 Å². The van der Waals surface area contributed by atoms with E-state index >= 15 is 0 Å². The maximum atomic E-state index is 13.0. The average Bonchev–Trinajstić information content (AvgIpc) is 2.53. The van der Waals surface area contributed by atoms with Crippen LogP contribution in [0.5, 0.6) is 0 Å². The monoisotopic (exact) mass is 301 g/mol. The second-order valence-electron chi connectivity index (χ2n) is 6.26. The molecule has 0 bridgehead atoms. The van der Waals surface area contributed by atoms with Crippen molar-refractivity contribution in [1.29, 1.82) is 0 Å². The lowest BCUT2D eigenvalue weighted by molar-refractivity contribution is 0.302. The SMILES string of the molecule is CC1CCC(CN)C(S(=O)c2ccc3ccccc3c2)C1. The molecule has 0 saturated heterocycles. The van der Waals surface area contributed by atoms with E-state index in [1.54, 1.807) is 0 Å². The number of rotatable bonds is 3.